The highest BCUT2D eigenvalue weighted by molar-refractivity contribution is 5.94. The van der Waals surface area contributed by atoms with Gasteiger partial charge in [0, 0.05) is 26.6 Å². The van der Waals surface area contributed by atoms with Gasteiger partial charge in [-0.3, -0.25) is 14.4 Å². The Morgan fingerprint density at radius 3 is 2.47 bits per heavy atom. The largest absolute Gasteiger partial charge is 0.353 e. The molecule has 2 amide bonds. The number of likely N-dealkylation sites (N-methyl/N-ethyl adjacent to an activating group) is 1. The summed E-state index contributed by atoms with van der Waals surface area (Å²) in [6.07, 6.45) is 1.08. The molecule has 96 valence electrons. The van der Waals surface area contributed by atoms with Crippen molar-refractivity contribution in [3.05, 3.63) is 12.7 Å². The van der Waals surface area contributed by atoms with Crippen molar-refractivity contribution in [3.8, 4) is 0 Å². The molecule has 0 aromatic rings. The van der Waals surface area contributed by atoms with E-state index in [9.17, 15) is 14.4 Å². The Balaban J connectivity index is 4.73. The van der Waals surface area contributed by atoms with Crippen LogP contribution in [0.15, 0.2) is 12.7 Å². The predicted molar refractivity (Wildman–Crippen MR) is 64.1 cm³/mol. The molecular weight excluding hydrogens is 222 g/mol. The second-order valence-electron chi connectivity index (χ2n) is 3.65. The maximum absolute atomic E-state index is 11.8. The number of ketones is 1. The molecule has 0 aliphatic rings. The zero-order valence-electron chi connectivity index (χ0n) is 10.2. The summed E-state index contributed by atoms with van der Waals surface area (Å²) in [6.45, 7) is 5.32. The third-order valence-electron chi connectivity index (χ3n) is 2.22. The number of nitrogens with two attached hydrogens (primary N) is 1. The highest BCUT2D eigenvalue weighted by Crippen LogP contribution is 2.04. The van der Waals surface area contributed by atoms with Crippen LogP contribution in [0.4, 0.5) is 0 Å². The molecule has 1 atom stereocenters. The van der Waals surface area contributed by atoms with Crippen molar-refractivity contribution >= 4 is 17.6 Å². The van der Waals surface area contributed by atoms with E-state index in [0.29, 0.717) is 13.1 Å². The standard InChI is InChI=1S/C11H19N3O3/c1-4-10(16)14(3)9(7-8(2)15)11(17)13-6-5-12/h4,9H,1,5-7,12H2,2-3H3,(H,13,17). The molecule has 0 fully saturated rings. The molecule has 0 saturated carbocycles. The van der Waals surface area contributed by atoms with Gasteiger partial charge in [-0.1, -0.05) is 6.58 Å². The molecule has 0 heterocycles. The molecule has 0 saturated heterocycles. The molecular formula is C11H19N3O3. The van der Waals surface area contributed by atoms with Crippen LogP contribution in [0.1, 0.15) is 13.3 Å². The van der Waals surface area contributed by atoms with Gasteiger partial charge in [0.15, 0.2) is 0 Å². The fourth-order valence-electron chi connectivity index (χ4n) is 1.29. The van der Waals surface area contributed by atoms with Gasteiger partial charge in [-0.2, -0.15) is 0 Å². The van der Waals surface area contributed by atoms with E-state index < -0.39 is 11.9 Å². The van der Waals surface area contributed by atoms with Crippen LogP contribution in [0.3, 0.4) is 0 Å². The number of hydrogen-bond acceptors (Lipinski definition) is 4. The third kappa shape index (κ3) is 5.26. The minimum Gasteiger partial charge on any atom is -0.353 e. The molecule has 0 rings (SSSR count). The van der Waals surface area contributed by atoms with Crippen LogP contribution in [-0.2, 0) is 14.4 Å². The van der Waals surface area contributed by atoms with Crippen molar-refractivity contribution in [2.24, 2.45) is 5.73 Å². The lowest BCUT2D eigenvalue weighted by Gasteiger charge is -2.25. The van der Waals surface area contributed by atoms with Gasteiger partial charge in [0.05, 0.1) is 0 Å². The van der Waals surface area contributed by atoms with Crippen molar-refractivity contribution < 1.29 is 14.4 Å². The molecule has 6 nitrogen and oxygen atoms in total. The monoisotopic (exact) mass is 241 g/mol. The number of nitrogens with one attached hydrogen (secondary N) is 1. The van der Waals surface area contributed by atoms with Crippen molar-refractivity contribution in [2.45, 2.75) is 19.4 Å². The molecule has 0 bridgehead atoms. The van der Waals surface area contributed by atoms with Crippen LogP contribution < -0.4 is 11.1 Å². The maximum atomic E-state index is 11.8. The van der Waals surface area contributed by atoms with E-state index in [2.05, 4.69) is 11.9 Å². The Labute approximate surface area is 101 Å². The lowest BCUT2D eigenvalue weighted by atomic mass is 10.1. The first-order valence-electron chi connectivity index (χ1n) is 5.30. The van der Waals surface area contributed by atoms with Crippen molar-refractivity contribution in [3.63, 3.8) is 0 Å². The minimum atomic E-state index is -0.815. The molecule has 0 spiro atoms. The number of amides is 2. The average molecular weight is 241 g/mol. The van der Waals surface area contributed by atoms with E-state index >= 15 is 0 Å². The maximum Gasteiger partial charge on any atom is 0.246 e. The van der Waals surface area contributed by atoms with Gasteiger partial charge in [-0.15, -0.1) is 0 Å². The van der Waals surface area contributed by atoms with Gasteiger partial charge in [0.25, 0.3) is 0 Å². The second-order valence-corrected chi connectivity index (χ2v) is 3.65. The number of rotatable bonds is 7. The lowest BCUT2D eigenvalue weighted by molar-refractivity contribution is -0.137. The molecule has 6 heteroatoms. The van der Waals surface area contributed by atoms with E-state index in [0.717, 1.165) is 6.08 Å². The smallest absolute Gasteiger partial charge is 0.246 e. The zero-order valence-corrected chi connectivity index (χ0v) is 10.2. The van der Waals surface area contributed by atoms with Gasteiger partial charge in [-0.05, 0) is 13.0 Å². The Hall–Kier alpha value is -1.69. The summed E-state index contributed by atoms with van der Waals surface area (Å²) < 4.78 is 0. The Kier molecular flexibility index (Phi) is 6.81. The van der Waals surface area contributed by atoms with Gasteiger partial charge >= 0.3 is 0 Å². The summed E-state index contributed by atoms with van der Waals surface area (Å²) in [5, 5.41) is 2.55. The highest BCUT2D eigenvalue weighted by Gasteiger charge is 2.26. The number of carbonyl (C=O) groups excluding carboxylic acids is 3. The van der Waals surface area contributed by atoms with Crippen molar-refractivity contribution in [1.29, 1.82) is 0 Å². The fraction of sp³-hybridized carbons (Fsp3) is 0.545. The van der Waals surface area contributed by atoms with Crippen molar-refractivity contribution in [2.75, 3.05) is 20.1 Å². The zero-order chi connectivity index (χ0) is 13.4. The Morgan fingerprint density at radius 1 is 1.47 bits per heavy atom. The average Bonchev–Trinajstić information content (AvgIpc) is 2.30. The van der Waals surface area contributed by atoms with E-state index in [-0.39, 0.29) is 18.1 Å². The van der Waals surface area contributed by atoms with E-state index in [1.54, 1.807) is 0 Å². The molecule has 0 aromatic heterocycles. The number of carbonyl (C=O) groups is 3. The minimum absolute atomic E-state index is 0.0213. The molecule has 1 unspecified atom stereocenters. The second kappa shape index (κ2) is 7.56. The SMILES string of the molecule is C=CC(=O)N(C)C(CC(C)=O)C(=O)NCCN. The number of Topliss-reactive ketones (excluding diaryl/α,β-unsaturated/α-hetero) is 1. The van der Waals surface area contributed by atoms with Crippen LogP contribution in [0, 0.1) is 0 Å². The van der Waals surface area contributed by atoms with Gasteiger partial charge in [0.1, 0.15) is 11.8 Å². The molecule has 0 aliphatic heterocycles. The summed E-state index contributed by atoms with van der Waals surface area (Å²) in [4.78, 5) is 35.4. The quantitative estimate of drug-likeness (QED) is 0.562. The fourth-order valence-corrected chi connectivity index (χ4v) is 1.29. The molecule has 3 N–H and O–H groups in total. The van der Waals surface area contributed by atoms with Crippen LogP contribution in [0.25, 0.3) is 0 Å². The third-order valence-corrected chi connectivity index (χ3v) is 2.22. The summed E-state index contributed by atoms with van der Waals surface area (Å²) in [6, 6.07) is -0.815. The van der Waals surface area contributed by atoms with E-state index in [1.165, 1.54) is 18.9 Å². The van der Waals surface area contributed by atoms with Crippen LogP contribution >= 0.6 is 0 Å². The Morgan fingerprint density at radius 2 is 2.06 bits per heavy atom. The topological polar surface area (TPSA) is 92.5 Å². The first-order valence-corrected chi connectivity index (χ1v) is 5.30. The Bertz CT molecular complexity index is 315. The first-order chi connectivity index (χ1) is 7.93. The first kappa shape index (κ1) is 15.3. The summed E-state index contributed by atoms with van der Waals surface area (Å²) >= 11 is 0. The van der Waals surface area contributed by atoms with Crippen LogP contribution in [0.5, 0.6) is 0 Å². The number of hydrogen-bond donors (Lipinski definition) is 2. The van der Waals surface area contributed by atoms with Gasteiger partial charge in [-0.25, -0.2) is 0 Å². The van der Waals surface area contributed by atoms with E-state index in [1.807, 2.05) is 0 Å². The highest BCUT2D eigenvalue weighted by atomic mass is 16.2. The lowest BCUT2D eigenvalue weighted by Crippen LogP contribution is -2.49. The molecule has 0 aromatic carbocycles. The van der Waals surface area contributed by atoms with Gasteiger partial charge in [0.2, 0.25) is 11.8 Å². The van der Waals surface area contributed by atoms with Crippen molar-refractivity contribution in [1.82, 2.24) is 10.2 Å². The summed E-state index contributed by atoms with van der Waals surface area (Å²) in [5.74, 6) is -0.955. The predicted octanol–water partition coefficient (Wildman–Crippen LogP) is -0.947. The summed E-state index contributed by atoms with van der Waals surface area (Å²) in [7, 11) is 1.46. The molecule has 0 radical (unpaired) electrons. The van der Waals surface area contributed by atoms with E-state index in [4.69, 9.17) is 5.73 Å². The number of nitrogens with zero attached hydrogens (tertiary/aromatic N) is 1. The van der Waals surface area contributed by atoms with Crippen LogP contribution in [0.2, 0.25) is 0 Å². The molecule has 17 heavy (non-hydrogen) atoms. The van der Waals surface area contributed by atoms with Crippen LogP contribution in [-0.4, -0.2) is 48.7 Å². The summed E-state index contributed by atoms with van der Waals surface area (Å²) in [5.41, 5.74) is 5.26. The molecule has 0 aliphatic carbocycles. The van der Waals surface area contributed by atoms with Gasteiger partial charge < -0.3 is 16.0 Å². The normalized spacial score (nSPS) is 11.5.